The van der Waals surface area contributed by atoms with Crippen LogP contribution in [0.15, 0.2) is 53.1 Å². The van der Waals surface area contributed by atoms with E-state index in [4.69, 9.17) is 22.1 Å². The summed E-state index contributed by atoms with van der Waals surface area (Å²) in [6.45, 7) is -0.428. The summed E-state index contributed by atoms with van der Waals surface area (Å²) in [5.41, 5.74) is 5.09. The molecule has 0 saturated heterocycles. The lowest BCUT2D eigenvalue weighted by Crippen LogP contribution is -2.56. The van der Waals surface area contributed by atoms with Crippen molar-refractivity contribution in [3.8, 4) is 16.9 Å². The van der Waals surface area contributed by atoms with Gasteiger partial charge in [-0.1, -0.05) is 17.7 Å². The lowest BCUT2D eigenvalue weighted by Gasteiger charge is -2.49. The maximum atomic E-state index is 13.8. The molecule has 0 radical (unpaired) electrons. The number of primary amides is 1. The van der Waals surface area contributed by atoms with Crippen LogP contribution in [0.4, 0.5) is 0 Å². The minimum atomic E-state index is -2.13. The Kier molecular flexibility index (Phi) is 5.82. The highest BCUT2D eigenvalue weighted by molar-refractivity contribution is 6.29. The van der Waals surface area contributed by atoms with Crippen LogP contribution in [0, 0.1) is 17.8 Å². The fourth-order valence-electron chi connectivity index (χ4n) is 6.30. The summed E-state index contributed by atoms with van der Waals surface area (Å²) < 4.78 is 5.14. The number of amides is 1. The van der Waals surface area contributed by atoms with Gasteiger partial charge in [0.25, 0.3) is 5.91 Å². The van der Waals surface area contributed by atoms with E-state index in [0.717, 1.165) is 0 Å². The first-order chi connectivity index (χ1) is 17.1. The molecular formula is C26H25ClN2O7. The van der Waals surface area contributed by atoms with E-state index in [1.165, 1.54) is 13.2 Å². The fourth-order valence-corrected chi connectivity index (χ4v) is 6.42. The Morgan fingerprint density at radius 1 is 1.22 bits per heavy atom. The first kappa shape index (κ1) is 24.3. The Morgan fingerprint density at radius 3 is 2.61 bits per heavy atom. The number of nitrogens with two attached hydrogens (primary N) is 1. The number of aromatic hydroxyl groups is 1. The number of pyridine rings is 1. The van der Waals surface area contributed by atoms with Crippen LogP contribution in [-0.2, 0) is 16.0 Å². The molecule has 4 atom stereocenters. The molecule has 6 N–H and O–H groups in total. The number of phenols is 1. The highest BCUT2D eigenvalue weighted by Gasteiger charge is 2.57. The van der Waals surface area contributed by atoms with Gasteiger partial charge in [-0.2, -0.15) is 0 Å². The number of carbonyl (C=O) groups is 2. The number of hydrogen-bond donors (Lipinski definition) is 5. The first-order valence-corrected chi connectivity index (χ1v) is 11.8. The lowest BCUT2D eigenvalue weighted by molar-refractivity contribution is -0.124. The molecule has 36 heavy (non-hydrogen) atoms. The number of aliphatic hydroxyl groups excluding tert-OH is 2. The quantitative estimate of drug-likeness (QED) is 0.390. The molecule has 0 aliphatic heterocycles. The van der Waals surface area contributed by atoms with E-state index in [0.29, 0.717) is 34.7 Å². The van der Waals surface area contributed by atoms with Gasteiger partial charge in [0.05, 0.1) is 23.7 Å². The van der Waals surface area contributed by atoms with Gasteiger partial charge in [-0.05, 0) is 54.0 Å². The van der Waals surface area contributed by atoms with E-state index in [1.807, 2.05) is 0 Å². The van der Waals surface area contributed by atoms with Crippen LogP contribution in [0.1, 0.15) is 28.8 Å². The largest absolute Gasteiger partial charge is 0.512 e. The van der Waals surface area contributed by atoms with Gasteiger partial charge in [0.2, 0.25) is 0 Å². The Labute approximate surface area is 211 Å². The molecular weight excluding hydrogens is 488 g/mol. The summed E-state index contributed by atoms with van der Waals surface area (Å²) >= 11 is 5.93. The van der Waals surface area contributed by atoms with Crippen molar-refractivity contribution < 1.29 is 34.8 Å². The van der Waals surface area contributed by atoms with Crippen molar-refractivity contribution in [3.05, 3.63) is 69.4 Å². The summed E-state index contributed by atoms with van der Waals surface area (Å²) in [5.74, 6) is -4.59. The Hall–Kier alpha value is -3.40. The number of benzene rings is 1. The van der Waals surface area contributed by atoms with E-state index in [9.17, 15) is 30.0 Å². The summed E-state index contributed by atoms with van der Waals surface area (Å²) in [6, 6.07) is 6.52. The number of hydrogen-bond acceptors (Lipinski definition) is 8. The van der Waals surface area contributed by atoms with Crippen LogP contribution in [0.3, 0.4) is 0 Å². The number of methoxy groups -OCH3 is 1. The van der Waals surface area contributed by atoms with Crippen molar-refractivity contribution in [2.24, 2.45) is 23.5 Å². The van der Waals surface area contributed by atoms with Crippen molar-refractivity contribution in [1.29, 1.82) is 0 Å². The summed E-state index contributed by atoms with van der Waals surface area (Å²) in [6.07, 6.45) is 2.24. The number of carbonyl (C=O) groups excluding carboxylic acids is 2. The number of ether oxygens (including phenoxy) is 1. The third-order valence-electron chi connectivity index (χ3n) is 7.59. The van der Waals surface area contributed by atoms with E-state index >= 15 is 0 Å². The van der Waals surface area contributed by atoms with Gasteiger partial charge in [-0.25, -0.2) is 4.98 Å². The summed E-state index contributed by atoms with van der Waals surface area (Å²) in [7, 11) is 1.31. The molecule has 10 heteroatoms. The summed E-state index contributed by atoms with van der Waals surface area (Å²) in [5, 5.41) is 44.6. The number of rotatable bonds is 4. The number of halogens is 1. The number of fused-ring (bicyclic) bond motifs is 3. The van der Waals surface area contributed by atoms with Gasteiger partial charge in [0.1, 0.15) is 28.0 Å². The zero-order chi connectivity index (χ0) is 25.9. The van der Waals surface area contributed by atoms with Crippen LogP contribution in [0.25, 0.3) is 11.1 Å². The minimum Gasteiger partial charge on any atom is -0.512 e. The second-order valence-corrected chi connectivity index (χ2v) is 9.99. The molecule has 2 aromatic rings. The van der Waals surface area contributed by atoms with E-state index in [2.05, 4.69) is 4.98 Å². The van der Waals surface area contributed by atoms with Gasteiger partial charge >= 0.3 is 0 Å². The first-order valence-electron chi connectivity index (χ1n) is 11.5. The molecule has 5 rings (SSSR count). The van der Waals surface area contributed by atoms with Gasteiger partial charge in [0, 0.05) is 30.9 Å². The average Bonchev–Trinajstić information content (AvgIpc) is 2.79. The molecule has 3 aliphatic carbocycles. The minimum absolute atomic E-state index is 0.00213. The number of nitrogens with zero attached hydrogens (tertiary/aromatic N) is 1. The molecule has 188 valence electrons. The topological polar surface area (TPSA) is 163 Å². The number of ketones is 1. The molecule has 0 bridgehead atoms. The van der Waals surface area contributed by atoms with Crippen molar-refractivity contribution in [2.75, 3.05) is 13.7 Å². The third-order valence-corrected chi connectivity index (χ3v) is 7.81. The van der Waals surface area contributed by atoms with Gasteiger partial charge in [-0.15, -0.1) is 0 Å². The Morgan fingerprint density at radius 2 is 1.97 bits per heavy atom. The van der Waals surface area contributed by atoms with E-state index in [1.54, 1.807) is 24.4 Å². The predicted octanol–water partition coefficient (Wildman–Crippen LogP) is 2.99. The number of allylic oxidation sites excluding steroid dienone is 2. The number of phenolic OH excluding ortho intramolecular Hbond substituents is 1. The molecule has 4 unspecified atom stereocenters. The second kappa shape index (κ2) is 8.62. The maximum Gasteiger partial charge on any atom is 0.251 e. The monoisotopic (exact) mass is 512 g/mol. The standard InChI is InChI=1S/C26H25ClN2O7/c1-36-10-26(35)21-13(8-17(31)22(26)25(28)34)6-12-7-15-14(11-2-5-18(27)29-9-11)3-4-16(30)20(15)23(32)19(12)24(21)33/h2-5,9,12-13,21,30-31,33,35H,6-8,10H2,1H3,(H2,28,34). The maximum absolute atomic E-state index is 13.8. The molecule has 0 saturated carbocycles. The predicted molar refractivity (Wildman–Crippen MR) is 129 cm³/mol. The number of Topliss-reactive ketones (excluding diaryl/α,β-unsaturated/α-hetero) is 1. The highest BCUT2D eigenvalue weighted by atomic mass is 35.5. The normalized spacial score (nSPS) is 27.4. The molecule has 0 spiro atoms. The smallest absolute Gasteiger partial charge is 0.251 e. The molecule has 1 aromatic carbocycles. The van der Waals surface area contributed by atoms with Gasteiger partial charge in [0.15, 0.2) is 5.78 Å². The van der Waals surface area contributed by atoms with E-state index < -0.39 is 47.2 Å². The molecule has 9 nitrogen and oxygen atoms in total. The SMILES string of the molecule is COCC1(O)C(C(N)=O)=C(O)CC2CC3Cc4c(-c5ccc(Cl)nc5)ccc(O)c4C(=O)C3=C(O)C21. The number of aromatic nitrogens is 1. The van der Waals surface area contributed by atoms with Crippen molar-refractivity contribution in [1.82, 2.24) is 4.98 Å². The Balaban J connectivity index is 1.67. The molecule has 1 aromatic heterocycles. The third kappa shape index (κ3) is 3.49. The molecule has 1 heterocycles. The fraction of sp³-hybridized carbons (Fsp3) is 0.346. The van der Waals surface area contributed by atoms with Crippen LogP contribution in [0.5, 0.6) is 5.75 Å². The van der Waals surface area contributed by atoms with Gasteiger partial charge in [-0.3, -0.25) is 9.59 Å². The average molecular weight is 513 g/mol. The Bertz CT molecular complexity index is 1350. The molecule has 0 fully saturated rings. The molecule has 1 amide bonds. The van der Waals surface area contributed by atoms with Crippen molar-refractivity contribution >= 4 is 23.3 Å². The van der Waals surface area contributed by atoms with Gasteiger partial charge < -0.3 is 30.9 Å². The van der Waals surface area contributed by atoms with Crippen LogP contribution < -0.4 is 5.73 Å². The van der Waals surface area contributed by atoms with Crippen molar-refractivity contribution in [2.45, 2.75) is 24.9 Å². The van der Waals surface area contributed by atoms with Crippen LogP contribution in [-0.4, -0.2) is 56.4 Å². The summed E-state index contributed by atoms with van der Waals surface area (Å²) in [4.78, 5) is 30.0. The second-order valence-electron chi connectivity index (χ2n) is 9.61. The van der Waals surface area contributed by atoms with Crippen LogP contribution >= 0.6 is 11.6 Å². The molecule has 3 aliphatic rings. The van der Waals surface area contributed by atoms with Crippen LogP contribution in [0.2, 0.25) is 5.15 Å². The number of aliphatic hydroxyl groups is 3. The van der Waals surface area contributed by atoms with Crippen molar-refractivity contribution in [3.63, 3.8) is 0 Å². The zero-order valence-electron chi connectivity index (χ0n) is 19.4. The lowest BCUT2D eigenvalue weighted by atomic mass is 9.58. The van der Waals surface area contributed by atoms with E-state index in [-0.39, 0.29) is 34.8 Å². The highest BCUT2D eigenvalue weighted by Crippen LogP contribution is 2.54. The zero-order valence-corrected chi connectivity index (χ0v) is 20.1.